The van der Waals surface area contributed by atoms with Gasteiger partial charge < -0.3 is 15.2 Å². The zero-order chi connectivity index (χ0) is 18.4. The van der Waals surface area contributed by atoms with Crippen LogP contribution in [0.4, 0.5) is 5.69 Å². The molecule has 0 atom stereocenters. The molecule has 0 spiro atoms. The van der Waals surface area contributed by atoms with Crippen LogP contribution < -0.4 is 10.1 Å². The molecule has 3 rings (SSSR count). The highest BCUT2D eigenvalue weighted by atomic mass is 35.5. The molecule has 26 heavy (non-hydrogen) atoms. The molecule has 0 saturated carbocycles. The van der Waals surface area contributed by atoms with Gasteiger partial charge in [-0.3, -0.25) is 0 Å². The van der Waals surface area contributed by atoms with Crippen LogP contribution in [-0.4, -0.2) is 11.1 Å². The Balaban J connectivity index is 1.65. The minimum absolute atomic E-state index is 0.263. The van der Waals surface area contributed by atoms with E-state index in [-0.39, 0.29) is 5.56 Å². The van der Waals surface area contributed by atoms with Crippen molar-refractivity contribution in [1.82, 2.24) is 0 Å². The van der Waals surface area contributed by atoms with Crippen molar-refractivity contribution < 1.29 is 14.6 Å². The maximum atomic E-state index is 10.9. The Bertz CT molecular complexity index is 894. The Morgan fingerprint density at radius 2 is 1.58 bits per heavy atom. The number of carboxylic acid groups (broad SMARTS) is 1. The summed E-state index contributed by atoms with van der Waals surface area (Å²) in [5, 5.41) is 12.9. The fourth-order valence-corrected chi connectivity index (χ4v) is 2.68. The van der Waals surface area contributed by atoms with Crippen LogP contribution in [0.25, 0.3) is 0 Å². The van der Waals surface area contributed by atoms with E-state index in [1.807, 2.05) is 48.5 Å². The van der Waals surface area contributed by atoms with Crippen LogP contribution in [0.1, 0.15) is 21.5 Å². The smallest absolute Gasteiger partial charge is 0.335 e. The predicted molar refractivity (Wildman–Crippen MR) is 103 cm³/mol. The van der Waals surface area contributed by atoms with Crippen molar-refractivity contribution in [1.29, 1.82) is 0 Å². The number of hydrogen-bond acceptors (Lipinski definition) is 3. The van der Waals surface area contributed by atoms with E-state index in [0.29, 0.717) is 18.2 Å². The van der Waals surface area contributed by atoms with E-state index < -0.39 is 5.97 Å². The Morgan fingerprint density at radius 3 is 2.27 bits per heavy atom. The predicted octanol–water partition coefficient (Wildman–Crippen LogP) is 5.23. The van der Waals surface area contributed by atoms with Gasteiger partial charge >= 0.3 is 5.97 Å². The number of halogens is 1. The van der Waals surface area contributed by atoms with Crippen molar-refractivity contribution >= 4 is 23.3 Å². The molecule has 0 radical (unpaired) electrons. The maximum absolute atomic E-state index is 10.9. The van der Waals surface area contributed by atoms with Gasteiger partial charge in [-0.05, 0) is 36.4 Å². The zero-order valence-electron chi connectivity index (χ0n) is 14.0. The number of rotatable bonds is 7. The summed E-state index contributed by atoms with van der Waals surface area (Å²) in [4.78, 5) is 10.9. The van der Waals surface area contributed by atoms with Crippen molar-refractivity contribution in [2.75, 3.05) is 5.32 Å². The Hall–Kier alpha value is -2.98. The summed E-state index contributed by atoms with van der Waals surface area (Å²) in [6, 6.07) is 22.0. The first kappa shape index (κ1) is 17.8. The Labute approximate surface area is 157 Å². The van der Waals surface area contributed by atoms with Gasteiger partial charge in [-0.25, -0.2) is 4.79 Å². The highest BCUT2D eigenvalue weighted by Crippen LogP contribution is 2.23. The number of ether oxygens (including phenoxy) is 1. The average Bonchev–Trinajstić information content (AvgIpc) is 2.66. The summed E-state index contributed by atoms with van der Waals surface area (Å²) in [6.45, 7) is 0.953. The molecule has 4 nitrogen and oxygen atoms in total. The van der Waals surface area contributed by atoms with Crippen molar-refractivity contribution in [2.24, 2.45) is 0 Å². The highest BCUT2D eigenvalue weighted by Gasteiger charge is 2.06. The van der Waals surface area contributed by atoms with E-state index in [0.717, 1.165) is 22.6 Å². The summed E-state index contributed by atoms with van der Waals surface area (Å²) < 4.78 is 5.94. The lowest BCUT2D eigenvalue weighted by Crippen LogP contribution is -2.04. The molecule has 0 fully saturated rings. The topological polar surface area (TPSA) is 58.6 Å². The third-order valence-electron chi connectivity index (χ3n) is 3.93. The van der Waals surface area contributed by atoms with E-state index in [9.17, 15) is 4.79 Å². The van der Waals surface area contributed by atoms with E-state index in [2.05, 4.69) is 5.32 Å². The van der Waals surface area contributed by atoms with Gasteiger partial charge in [0.1, 0.15) is 12.4 Å². The lowest BCUT2D eigenvalue weighted by atomic mass is 10.1. The number of para-hydroxylation sites is 1. The standard InChI is InChI=1S/C21H18ClNO3/c22-19-7-3-1-6-17(19)14-26-20-8-4-2-5-16(20)13-23-18-11-9-15(10-12-18)21(24)25/h1-12,23H,13-14H2,(H,24,25). The Kier molecular flexibility index (Phi) is 5.77. The fraction of sp³-hybridized carbons (Fsp3) is 0.0952. The number of nitrogens with one attached hydrogen (secondary N) is 1. The van der Waals surface area contributed by atoms with Crippen molar-refractivity contribution in [2.45, 2.75) is 13.2 Å². The van der Waals surface area contributed by atoms with Gasteiger partial charge in [-0.15, -0.1) is 0 Å². The first-order chi connectivity index (χ1) is 12.6. The number of carboxylic acids is 1. The molecule has 2 N–H and O–H groups in total. The van der Waals surface area contributed by atoms with Crippen molar-refractivity contribution in [3.05, 3.63) is 94.5 Å². The van der Waals surface area contributed by atoms with Gasteiger partial charge in [0.2, 0.25) is 0 Å². The minimum Gasteiger partial charge on any atom is -0.488 e. The molecule has 0 aliphatic heterocycles. The number of anilines is 1. The normalized spacial score (nSPS) is 10.3. The molecule has 0 unspecified atom stereocenters. The van der Waals surface area contributed by atoms with Crippen LogP contribution in [0.3, 0.4) is 0 Å². The lowest BCUT2D eigenvalue weighted by molar-refractivity contribution is 0.0697. The van der Waals surface area contributed by atoms with Crippen LogP contribution >= 0.6 is 11.6 Å². The first-order valence-electron chi connectivity index (χ1n) is 8.15. The minimum atomic E-state index is -0.935. The largest absolute Gasteiger partial charge is 0.488 e. The van der Waals surface area contributed by atoms with E-state index in [4.69, 9.17) is 21.4 Å². The summed E-state index contributed by atoms with van der Waals surface area (Å²) in [5.41, 5.74) is 3.04. The summed E-state index contributed by atoms with van der Waals surface area (Å²) in [5.74, 6) is -0.156. The average molecular weight is 368 g/mol. The molecular weight excluding hydrogens is 350 g/mol. The lowest BCUT2D eigenvalue weighted by Gasteiger charge is -2.13. The van der Waals surface area contributed by atoms with Gasteiger partial charge in [-0.2, -0.15) is 0 Å². The fourth-order valence-electron chi connectivity index (χ4n) is 2.49. The van der Waals surface area contributed by atoms with Crippen LogP contribution in [0.2, 0.25) is 5.02 Å². The van der Waals surface area contributed by atoms with Crippen LogP contribution in [0.15, 0.2) is 72.8 Å². The SMILES string of the molecule is O=C(O)c1ccc(NCc2ccccc2OCc2ccccc2Cl)cc1. The van der Waals surface area contributed by atoms with Gasteiger partial charge in [0, 0.05) is 28.4 Å². The molecule has 0 aliphatic rings. The monoisotopic (exact) mass is 367 g/mol. The van der Waals surface area contributed by atoms with Gasteiger partial charge in [-0.1, -0.05) is 48.0 Å². The maximum Gasteiger partial charge on any atom is 0.335 e. The summed E-state index contributed by atoms with van der Waals surface area (Å²) >= 11 is 6.17. The third-order valence-corrected chi connectivity index (χ3v) is 4.30. The number of carbonyl (C=O) groups is 1. The molecule has 3 aromatic rings. The molecule has 0 saturated heterocycles. The quantitative estimate of drug-likeness (QED) is 0.600. The van der Waals surface area contributed by atoms with E-state index in [1.54, 1.807) is 24.3 Å². The molecule has 3 aromatic carbocycles. The molecule has 0 amide bonds. The second kappa shape index (κ2) is 8.41. The van der Waals surface area contributed by atoms with Gasteiger partial charge in [0.25, 0.3) is 0 Å². The zero-order valence-corrected chi connectivity index (χ0v) is 14.7. The van der Waals surface area contributed by atoms with Crippen molar-refractivity contribution in [3.8, 4) is 5.75 Å². The molecule has 0 aromatic heterocycles. The number of benzene rings is 3. The van der Waals surface area contributed by atoms with Crippen LogP contribution in [-0.2, 0) is 13.2 Å². The van der Waals surface area contributed by atoms with Gasteiger partial charge in [0.15, 0.2) is 0 Å². The number of aromatic carboxylic acids is 1. The van der Waals surface area contributed by atoms with Crippen LogP contribution in [0.5, 0.6) is 5.75 Å². The van der Waals surface area contributed by atoms with E-state index in [1.165, 1.54) is 0 Å². The van der Waals surface area contributed by atoms with Crippen molar-refractivity contribution in [3.63, 3.8) is 0 Å². The van der Waals surface area contributed by atoms with Gasteiger partial charge in [0.05, 0.1) is 5.56 Å². The molecule has 0 aliphatic carbocycles. The summed E-state index contributed by atoms with van der Waals surface area (Å²) in [6.07, 6.45) is 0. The highest BCUT2D eigenvalue weighted by molar-refractivity contribution is 6.31. The molecule has 5 heteroatoms. The molecule has 0 heterocycles. The molecule has 132 valence electrons. The van der Waals surface area contributed by atoms with Crippen LogP contribution in [0, 0.1) is 0 Å². The first-order valence-corrected chi connectivity index (χ1v) is 8.52. The second-order valence-electron chi connectivity index (χ2n) is 5.72. The molecular formula is C21H18ClNO3. The number of hydrogen-bond donors (Lipinski definition) is 2. The summed E-state index contributed by atoms with van der Waals surface area (Å²) in [7, 11) is 0. The third kappa shape index (κ3) is 4.55. The molecule has 0 bridgehead atoms. The van der Waals surface area contributed by atoms with E-state index >= 15 is 0 Å². The second-order valence-corrected chi connectivity index (χ2v) is 6.13. The Morgan fingerprint density at radius 1 is 0.923 bits per heavy atom.